The number of ether oxygens (including phenoxy) is 2. The number of nitro benzene ring substituents is 1. The van der Waals surface area contributed by atoms with Crippen LogP contribution in [0.5, 0.6) is 17.2 Å². The maximum Gasteiger partial charge on any atom is 0.283 e. The number of nitrogens with one attached hydrogen (secondary N) is 1. The van der Waals surface area contributed by atoms with Crippen molar-refractivity contribution < 1.29 is 36.8 Å². The molecular weight excluding hydrogens is 488 g/mol. The first kappa shape index (κ1) is 24.8. The van der Waals surface area contributed by atoms with Gasteiger partial charge in [0.1, 0.15) is 23.7 Å². The molecule has 34 heavy (non-hydrogen) atoms. The van der Waals surface area contributed by atoms with Gasteiger partial charge in [0.25, 0.3) is 18.5 Å². The van der Waals surface area contributed by atoms with E-state index in [0.29, 0.717) is 10.4 Å². The number of hydrogen-bond donors (Lipinski definition) is 1. The summed E-state index contributed by atoms with van der Waals surface area (Å²) in [6.07, 6.45) is -6.51. The predicted octanol–water partition coefficient (Wildman–Crippen LogP) is 5.76. The number of halogens is 5. The molecule has 1 heterocycles. The lowest BCUT2D eigenvalue weighted by atomic mass is 10.2. The lowest BCUT2D eigenvalue weighted by Gasteiger charge is -2.12. The van der Waals surface area contributed by atoms with E-state index in [0.717, 1.165) is 12.1 Å². The maximum atomic E-state index is 13.3. The summed E-state index contributed by atoms with van der Waals surface area (Å²) in [7, 11) is 1.40. The largest absolute Gasteiger partial charge is 0.493 e. The third-order valence-corrected chi connectivity index (χ3v) is 4.73. The molecule has 0 radical (unpaired) electrons. The molecule has 0 spiro atoms. The Morgan fingerprint density at radius 1 is 1.18 bits per heavy atom. The monoisotopic (exact) mass is 502 g/mol. The molecule has 0 aliphatic heterocycles. The number of para-hydroxylation sites is 2. The molecule has 0 unspecified atom stereocenters. The highest BCUT2D eigenvalue weighted by Gasteiger charge is 2.28. The molecule has 0 saturated carbocycles. The standard InChI is InChI=1S/C20H15ClF4N4O5/c1-33-13-4-2-3-5-14(13)34-12-7-10(6-11(8-12)29(31)32)26-15(30)9-28-18(20(24)25)16(21)17(27-28)19(22)23/h2-8,19-20H,9H2,1H3,(H,26,30). The van der Waals surface area contributed by atoms with E-state index < -0.39 is 52.3 Å². The van der Waals surface area contributed by atoms with E-state index in [1.807, 2.05) is 0 Å². The van der Waals surface area contributed by atoms with E-state index in [1.165, 1.54) is 13.2 Å². The Kier molecular flexibility index (Phi) is 7.56. The summed E-state index contributed by atoms with van der Waals surface area (Å²) in [5.41, 5.74) is -2.70. The Morgan fingerprint density at radius 3 is 2.44 bits per heavy atom. The summed E-state index contributed by atoms with van der Waals surface area (Å²) in [5.74, 6) is -0.449. The van der Waals surface area contributed by atoms with Crippen LogP contribution in [-0.2, 0) is 11.3 Å². The van der Waals surface area contributed by atoms with Gasteiger partial charge in [0.2, 0.25) is 5.91 Å². The second-order valence-electron chi connectivity index (χ2n) is 6.62. The number of alkyl halides is 4. The molecule has 180 valence electrons. The number of amides is 1. The number of benzene rings is 2. The normalized spacial score (nSPS) is 11.1. The molecule has 0 aliphatic rings. The molecule has 0 bridgehead atoms. The fraction of sp³-hybridized carbons (Fsp3) is 0.200. The van der Waals surface area contributed by atoms with Crippen molar-refractivity contribution >= 4 is 28.9 Å². The lowest BCUT2D eigenvalue weighted by Crippen LogP contribution is -2.21. The maximum absolute atomic E-state index is 13.3. The highest BCUT2D eigenvalue weighted by atomic mass is 35.5. The van der Waals surface area contributed by atoms with Crippen molar-refractivity contribution in [1.29, 1.82) is 0 Å². The fourth-order valence-electron chi connectivity index (χ4n) is 2.93. The van der Waals surface area contributed by atoms with E-state index >= 15 is 0 Å². The fourth-order valence-corrected chi connectivity index (χ4v) is 3.23. The first-order chi connectivity index (χ1) is 16.1. The molecule has 1 aromatic heterocycles. The summed E-state index contributed by atoms with van der Waals surface area (Å²) >= 11 is 5.56. The van der Waals surface area contributed by atoms with Gasteiger partial charge >= 0.3 is 0 Å². The van der Waals surface area contributed by atoms with Crippen molar-refractivity contribution in [2.45, 2.75) is 19.4 Å². The van der Waals surface area contributed by atoms with Gasteiger partial charge in [-0.1, -0.05) is 23.7 Å². The number of carbonyl (C=O) groups excluding carboxylic acids is 1. The molecule has 2 aromatic carbocycles. The quantitative estimate of drug-likeness (QED) is 0.226. The van der Waals surface area contributed by atoms with Crippen molar-refractivity contribution in [3.8, 4) is 17.2 Å². The van der Waals surface area contributed by atoms with E-state index in [9.17, 15) is 32.5 Å². The first-order valence-electron chi connectivity index (χ1n) is 9.33. The number of anilines is 1. The average Bonchev–Trinajstić information content (AvgIpc) is 3.09. The zero-order chi connectivity index (χ0) is 25.0. The second-order valence-corrected chi connectivity index (χ2v) is 7.00. The van der Waals surface area contributed by atoms with E-state index in [2.05, 4.69) is 10.4 Å². The van der Waals surface area contributed by atoms with Crippen molar-refractivity contribution in [1.82, 2.24) is 9.78 Å². The van der Waals surface area contributed by atoms with Crippen LogP contribution in [0.3, 0.4) is 0 Å². The topological polar surface area (TPSA) is 109 Å². The van der Waals surface area contributed by atoms with Gasteiger partial charge in [-0.3, -0.25) is 19.6 Å². The Bertz CT molecular complexity index is 1220. The van der Waals surface area contributed by atoms with Gasteiger partial charge < -0.3 is 14.8 Å². The highest BCUT2D eigenvalue weighted by molar-refractivity contribution is 6.32. The van der Waals surface area contributed by atoms with Crippen LogP contribution in [0.1, 0.15) is 24.2 Å². The number of hydrogen-bond acceptors (Lipinski definition) is 6. The molecule has 14 heteroatoms. The second kappa shape index (κ2) is 10.4. The molecule has 0 atom stereocenters. The number of carbonyl (C=O) groups is 1. The van der Waals surface area contributed by atoms with Gasteiger partial charge in [-0.2, -0.15) is 5.10 Å². The Labute approximate surface area is 194 Å². The molecule has 0 saturated heterocycles. The van der Waals surface area contributed by atoms with Gasteiger partial charge in [0, 0.05) is 12.1 Å². The van der Waals surface area contributed by atoms with E-state index in [-0.39, 0.29) is 17.2 Å². The summed E-state index contributed by atoms with van der Waals surface area (Å²) in [4.78, 5) is 23.0. The van der Waals surface area contributed by atoms with Gasteiger partial charge in [0.05, 0.1) is 28.8 Å². The lowest BCUT2D eigenvalue weighted by molar-refractivity contribution is -0.384. The minimum atomic E-state index is -3.28. The molecule has 9 nitrogen and oxygen atoms in total. The smallest absolute Gasteiger partial charge is 0.283 e. The molecule has 1 N–H and O–H groups in total. The van der Waals surface area contributed by atoms with Crippen molar-refractivity contribution in [3.05, 3.63) is 69.0 Å². The minimum Gasteiger partial charge on any atom is -0.493 e. The van der Waals surface area contributed by atoms with Crippen molar-refractivity contribution in [2.75, 3.05) is 12.4 Å². The minimum absolute atomic E-state index is 0.0376. The zero-order valence-corrected chi connectivity index (χ0v) is 17.9. The SMILES string of the molecule is COc1ccccc1Oc1cc(NC(=O)Cn2nc(C(F)F)c(Cl)c2C(F)F)cc([N+](=O)[O-])c1. The van der Waals surface area contributed by atoms with Crippen LogP contribution in [-0.4, -0.2) is 27.7 Å². The predicted molar refractivity (Wildman–Crippen MR) is 112 cm³/mol. The van der Waals surface area contributed by atoms with Crippen LogP contribution < -0.4 is 14.8 Å². The van der Waals surface area contributed by atoms with Crippen LogP contribution in [0, 0.1) is 10.1 Å². The Morgan fingerprint density at radius 2 is 1.85 bits per heavy atom. The van der Waals surface area contributed by atoms with Crippen LogP contribution in [0.25, 0.3) is 0 Å². The van der Waals surface area contributed by atoms with Gasteiger partial charge in [-0.05, 0) is 12.1 Å². The summed E-state index contributed by atoms with van der Waals surface area (Å²) in [6.45, 7) is -0.905. The first-order valence-corrected chi connectivity index (χ1v) is 9.71. The van der Waals surface area contributed by atoms with Gasteiger partial charge in [-0.25, -0.2) is 17.6 Å². The van der Waals surface area contributed by atoms with Crippen LogP contribution in [0.2, 0.25) is 5.02 Å². The summed E-state index contributed by atoms with van der Waals surface area (Å²) in [6, 6.07) is 9.80. The van der Waals surface area contributed by atoms with Gasteiger partial charge in [-0.15, -0.1) is 0 Å². The molecule has 3 aromatic rings. The van der Waals surface area contributed by atoms with Gasteiger partial charge in [0.15, 0.2) is 11.5 Å². The van der Waals surface area contributed by atoms with E-state index in [1.54, 1.807) is 24.3 Å². The summed E-state index contributed by atoms with van der Waals surface area (Å²) in [5, 5.41) is 15.9. The summed E-state index contributed by atoms with van der Waals surface area (Å²) < 4.78 is 63.6. The molecule has 0 aliphatic carbocycles. The average molecular weight is 503 g/mol. The molecule has 1 amide bonds. The van der Waals surface area contributed by atoms with Crippen molar-refractivity contribution in [3.63, 3.8) is 0 Å². The number of nitro groups is 1. The highest BCUT2D eigenvalue weighted by Crippen LogP contribution is 2.36. The molecular formula is C20H15ClF4N4O5. The van der Waals surface area contributed by atoms with Crippen molar-refractivity contribution in [2.24, 2.45) is 0 Å². The third-order valence-electron chi connectivity index (χ3n) is 4.35. The van der Waals surface area contributed by atoms with Crippen LogP contribution in [0.4, 0.5) is 28.9 Å². The third kappa shape index (κ3) is 5.54. The Hall–Kier alpha value is -3.87. The molecule has 3 rings (SSSR count). The van der Waals surface area contributed by atoms with Crippen LogP contribution in [0.15, 0.2) is 42.5 Å². The number of nitrogens with zero attached hydrogens (tertiary/aromatic N) is 3. The number of rotatable bonds is 9. The number of non-ortho nitro benzene ring substituents is 1. The number of methoxy groups -OCH3 is 1. The molecule has 0 fully saturated rings. The van der Waals surface area contributed by atoms with Crippen LogP contribution >= 0.6 is 11.6 Å². The van der Waals surface area contributed by atoms with E-state index in [4.69, 9.17) is 21.1 Å². The number of aromatic nitrogens is 2. The zero-order valence-electron chi connectivity index (χ0n) is 17.2. The Balaban J connectivity index is 1.87.